The standard InChI is InChI=1S/C10H17N3O4S/c11-2-1-8-12-7(3-18-8)9(17)13-10(4-14,5-15)6-16/h3,14-16H,1-2,4-6,11H2,(H,13,17). The van der Waals surface area contributed by atoms with Crippen LogP contribution in [0.5, 0.6) is 0 Å². The SMILES string of the molecule is NCCc1nc(C(=O)NC(CO)(CO)CO)cs1. The zero-order chi connectivity index (χ0) is 13.6. The van der Waals surface area contributed by atoms with Crippen molar-refractivity contribution in [1.82, 2.24) is 10.3 Å². The Morgan fingerprint density at radius 2 is 2.00 bits per heavy atom. The molecule has 6 N–H and O–H groups in total. The van der Waals surface area contributed by atoms with Crippen LogP contribution in [0.4, 0.5) is 0 Å². The number of hydrogen-bond donors (Lipinski definition) is 5. The van der Waals surface area contributed by atoms with E-state index in [2.05, 4.69) is 10.3 Å². The summed E-state index contributed by atoms with van der Waals surface area (Å²) in [6.45, 7) is -1.25. The van der Waals surface area contributed by atoms with E-state index in [0.29, 0.717) is 13.0 Å². The number of carbonyl (C=O) groups is 1. The van der Waals surface area contributed by atoms with E-state index in [4.69, 9.17) is 21.1 Å². The van der Waals surface area contributed by atoms with Crippen LogP contribution in [0.15, 0.2) is 5.38 Å². The smallest absolute Gasteiger partial charge is 0.271 e. The Bertz CT molecular complexity index is 384. The highest BCUT2D eigenvalue weighted by atomic mass is 32.1. The molecule has 8 heteroatoms. The topological polar surface area (TPSA) is 129 Å². The van der Waals surface area contributed by atoms with Gasteiger partial charge in [-0.1, -0.05) is 0 Å². The molecule has 0 aromatic carbocycles. The highest BCUT2D eigenvalue weighted by Crippen LogP contribution is 2.11. The molecule has 0 fully saturated rings. The van der Waals surface area contributed by atoms with E-state index in [1.54, 1.807) is 5.38 Å². The lowest BCUT2D eigenvalue weighted by Crippen LogP contribution is -2.57. The number of rotatable bonds is 7. The minimum absolute atomic E-state index is 0.183. The average molecular weight is 275 g/mol. The van der Waals surface area contributed by atoms with Gasteiger partial charge in [0.2, 0.25) is 0 Å². The van der Waals surface area contributed by atoms with Crippen LogP contribution < -0.4 is 11.1 Å². The lowest BCUT2D eigenvalue weighted by molar-refractivity contribution is 0.0373. The summed E-state index contributed by atoms with van der Waals surface area (Å²) in [7, 11) is 0. The van der Waals surface area contributed by atoms with Crippen molar-refractivity contribution in [3.63, 3.8) is 0 Å². The van der Waals surface area contributed by atoms with Gasteiger partial charge in [-0.05, 0) is 6.54 Å². The summed E-state index contributed by atoms with van der Waals surface area (Å²) in [5.41, 5.74) is 4.13. The number of aromatic nitrogens is 1. The Balaban J connectivity index is 2.74. The third-order valence-electron chi connectivity index (χ3n) is 2.43. The molecule has 1 aromatic heterocycles. The Kier molecular flexibility index (Phi) is 5.63. The van der Waals surface area contributed by atoms with Crippen molar-refractivity contribution in [2.75, 3.05) is 26.4 Å². The third kappa shape index (κ3) is 3.47. The van der Waals surface area contributed by atoms with Crippen molar-refractivity contribution < 1.29 is 20.1 Å². The van der Waals surface area contributed by atoms with E-state index in [-0.39, 0.29) is 5.69 Å². The highest BCUT2D eigenvalue weighted by molar-refractivity contribution is 7.09. The van der Waals surface area contributed by atoms with Gasteiger partial charge in [-0.15, -0.1) is 11.3 Å². The molecule has 0 radical (unpaired) electrons. The summed E-state index contributed by atoms with van der Waals surface area (Å²) in [5.74, 6) is -0.549. The van der Waals surface area contributed by atoms with Crippen molar-refractivity contribution in [1.29, 1.82) is 0 Å². The number of nitrogens with zero attached hydrogens (tertiary/aromatic N) is 1. The van der Waals surface area contributed by atoms with Gasteiger partial charge < -0.3 is 26.4 Å². The summed E-state index contributed by atoms with van der Waals surface area (Å²) in [6.07, 6.45) is 0.586. The number of aliphatic hydroxyl groups is 3. The molecule has 1 amide bonds. The van der Waals surface area contributed by atoms with E-state index in [1.807, 2.05) is 0 Å². The molecular weight excluding hydrogens is 258 g/mol. The fourth-order valence-corrected chi connectivity index (χ4v) is 2.02. The van der Waals surface area contributed by atoms with Gasteiger partial charge in [0.15, 0.2) is 0 Å². The number of thiazole rings is 1. The van der Waals surface area contributed by atoms with Crippen LogP contribution >= 0.6 is 11.3 Å². The molecule has 1 aromatic rings. The number of nitrogens with one attached hydrogen (secondary N) is 1. The van der Waals surface area contributed by atoms with Crippen molar-refractivity contribution in [2.45, 2.75) is 12.0 Å². The number of amides is 1. The lowest BCUT2D eigenvalue weighted by Gasteiger charge is -2.28. The quantitative estimate of drug-likeness (QED) is 0.395. The maximum absolute atomic E-state index is 11.8. The van der Waals surface area contributed by atoms with Gasteiger partial charge in [-0.25, -0.2) is 4.98 Å². The van der Waals surface area contributed by atoms with Gasteiger partial charge in [-0.2, -0.15) is 0 Å². The van der Waals surface area contributed by atoms with Crippen molar-refractivity contribution >= 4 is 17.2 Å². The van der Waals surface area contributed by atoms with Crippen LogP contribution in [0.2, 0.25) is 0 Å². The zero-order valence-corrected chi connectivity index (χ0v) is 10.6. The molecule has 0 unspecified atom stereocenters. The fourth-order valence-electron chi connectivity index (χ4n) is 1.23. The second-order valence-electron chi connectivity index (χ2n) is 3.87. The first-order valence-corrected chi connectivity index (χ1v) is 6.28. The number of hydrogen-bond acceptors (Lipinski definition) is 7. The molecular formula is C10H17N3O4S. The Morgan fingerprint density at radius 1 is 1.39 bits per heavy atom. The molecule has 0 bridgehead atoms. The fraction of sp³-hybridized carbons (Fsp3) is 0.600. The van der Waals surface area contributed by atoms with Crippen LogP contribution in [-0.2, 0) is 6.42 Å². The molecule has 1 heterocycles. The zero-order valence-electron chi connectivity index (χ0n) is 9.80. The van der Waals surface area contributed by atoms with Gasteiger partial charge >= 0.3 is 0 Å². The minimum atomic E-state index is -1.44. The first-order chi connectivity index (χ1) is 8.60. The molecule has 0 atom stereocenters. The lowest BCUT2D eigenvalue weighted by atomic mass is 10.0. The van der Waals surface area contributed by atoms with Crippen molar-refractivity contribution in [3.8, 4) is 0 Å². The Morgan fingerprint density at radius 3 is 2.50 bits per heavy atom. The minimum Gasteiger partial charge on any atom is -0.394 e. The van der Waals surface area contributed by atoms with Crippen LogP contribution in [0.25, 0.3) is 0 Å². The van der Waals surface area contributed by atoms with Gasteiger partial charge in [0, 0.05) is 11.8 Å². The Hall–Kier alpha value is -1.06. The number of nitrogens with two attached hydrogens (primary N) is 1. The summed E-state index contributed by atoms with van der Waals surface area (Å²) < 4.78 is 0. The van der Waals surface area contributed by atoms with Gasteiger partial charge in [-0.3, -0.25) is 4.79 Å². The third-order valence-corrected chi connectivity index (χ3v) is 3.34. The van der Waals surface area contributed by atoms with Crippen LogP contribution in [0.3, 0.4) is 0 Å². The molecule has 7 nitrogen and oxygen atoms in total. The number of carbonyl (C=O) groups excluding carboxylic acids is 1. The van der Waals surface area contributed by atoms with Gasteiger partial charge in [0.05, 0.1) is 24.8 Å². The van der Waals surface area contributed by atoms with E-state index >= 15 is 0 Å². The molecule has 0 spiro atoms. The van der Waals surface area contributed by atoms with Crippen molar-refractivity contribution in [3.05, 3.63) is 16.1 Å². The van der Waals surface area contributed by atoms with Crippen LogP contribution in [0, 0.1) is 0 Å². The second kappa shape index (κ2) is 6.76. The number of aliphatic hydroxyl groups excluding tert-OH is 3. The monoisotopic (exact) mass is 275 g/mol. The first-order valence-electron chi connectivity index (χ1n) is 5.40. The summed E-state index contributed by atoms with van der Waals surface area (Å²) >= 11 is 1.31. The van der Waals surface area contributed by atoms with Gasteiger partial charge in [0.1, 0.15) is 11.2 Å². The van der Waals surface area contributed by atoms with E-state index in [0.717, 1.165) is 5.01 Å². The normalized spacial score (nSPS) is 11.6. The predicted molar refractivity (Wildman–Crippen MR) is 66.3 cm³/mol. The van der Waals surface area contributed by atoms with Crippen molar-refractivity contribution in [2.24, 2.45) is 5.73 Å². The molecule has 0 aliphatic carbocycles. The maximum Gasteiger partial charge on any atom is 0.271 e. The molecule has 0 saturated carbocycles. The molecule has 1 rings (SSSR count). The molecule has 0 aliphatic rings. The van der Waals surface area contributed by atoms with E-state index in [9.17, 15) is 4.79 Å². The maximum atomic E-state index is 11.8. The highest BCUT2D eigenvalue weighted by Gasteiger charge is 2.30. The first kappa shape index (κ1) is 15.0. The largest absolute Gasteiger partial charge is 0.394 e. The van der Waals surface area contributed by atoms with Crippen LogP contribution in [-0.4, -0.2) is 58.1 Å². The molecule has 0 saturated heterocycles. The summed E-state index contributed by atoms with van der Waals surface area (Å²) in [6, 6.07) is 0. The summed E-state index contributed by atoms with van der Waals surface area (Å²) in [5, 5.41) is 32.0. The molecule has 18 heavy (non-hydrogen) atoms. The predicted octanol–water partition coefficient (Wildman–Crippen LogP) is -1.91. The van der Waals surface area contributed by atoms with E-state index in [1.165, 1.54) is 11.3 Å². The van der Waals surface area contributed by atoms with E-state index < -0.39 is 31.3 Å². The molecule has 102 valence electrons. The Labute approximate surface area is 108 Å². The second-order valence-corrected chi connectivity index (χ2v) is 4.82. The summed E-state index contributed by atoms with van der Waals surface area (Å²) in [4.78, 5) is 15.9. The molecule has 0 aliphatic heterocycles. The average Bonchev–Trinajstić information content (AvgIpc) is 2.85. The van der Waals surface area contributed by atoms with Crippen LogP contribution in [0.1, 0.15) is 15.5 Å². The van der Waals surface area contributed by atoms with Gasteiger partial charge in [0.25, 0.3) is 5.91 Å².